The number of hydrogen-bond donors (Lipinski definition) is 1. The van der Waals surface area contributed by atoms with Crippen LogP contribution in [-0.2, 0) is 6.61 Å². The van der Waals surface area contributed by atoms with Crippen LogP contribution in [0.1, 0.15) is 11.4 Å². The summed E-state index contributed by atoms with van der Waals surface area (Å²) >= 11 is 3.03. The van der Waals surface area contributed by atoms with Gasteiger partial charge in [0.2, 0.25) is 5.88 Å². The fourth-order valence-electron chi connectivity index (χ4n) is 1.43. The molecule has 100 valence electrons. The fraction of sp³-hybridized carbons (Fsp3) is 0.167. The Morgan fingerprint density at radius 3 is 2.84 bits per heavy atom. The second-order valence-electron chi connectivity index (χ2n) is 3.79. The van der Waals surface area contributed by atoms with Crippen LogP contribution in [0.5, 0.6) is 5.88 Å². The Morgan fingerprint density at radius 1 is 1.42 bits per heavy atom. The number of hydrogen-bond acceptors (Lipinski definition) is 3. The van der Waals surface area contributed by atoms with Crippen molar-refractivity contribution in [2.75, 3.05) is 0 Å². The van der Waals surface area contributed by atoms with Crippen LogP contribution in [0.2, 0.25) is 0 Å². The quantitative estimate of drug-likeness (QED) is 0.941. The minimum Gasteiger partial charge on any atom is -0.472 e. The lowest BCUT2D eigenvalue weighted by atomic mass is 10.2. The van der Waals surface area contributed by atoms with Crippen molar-refractivity contribution in [3.63, 3.8) is 0 Å². The molecule has 1 aromatic carbocycles. The lowest BCUT2D eigenvalue weighted by molar-refractivity contribution is 0.284. The molecule has 0 saturated heterocycles. The van der Waals surface area contributed by atoms with E-state index >= 15 is 0 Å². The van der Waals surface area contributed by atoms with Gasteiger partial charge >= 0.3 is 0 Å². The summed E-state index contributed by atoms with van der Waals surface area (Å²) in [4.78, 5) is 17.9. The van der Waals surface area contributed by atoms with E-state index in [2.05, 4.69) is 25.9 Å². The summed E-state index contributed by atoms with van der Waals surface area (Å²) in [6.45, 7) is 1.44. The second-order valence-corrected chi connectivity index (χ2v) is 4.59. The van der Waals surface area contributed by atoms with Gasteiger partial charge in [-0.25, -0.2) is 8.78 Å². The molecule has 4 nitrogen and oxygen atoms in total. The van der Waals surface area contributed by atoms with Crippen LogP contribution in [0.4, 0.5) is 8.78 Å². The molecule has 0 aliphatic heterocycles. The third-order valence-corrected chi connectivity index (χ3v) is 3.03. The highest BCUT2D eigenvalue weighted by atomic mass is 79.9. The molecule has 1 N–H and O–H groups in total. The average molecular weight is 331 g/mol. The number of nitrogens with one attached hydrogen (secondary N) is 1. The van der Waals surface area contributed by atoms with Gasteiger partial charge in [0.05, 0.1) is 0 Å². The van der Waals surface area contributed by atoms with Crippen molar-refractivity contribution in [1.82, 2.24) is 9.97 Å². The van der Waals surface area contributed by atoms with Gasteiger partial charge in [-0.05, 0) is 35.0 Å². The maximum absolute atomic E-state index is 13.4. The highest BCUT2D eigenvalue weighted by Crippen LogP contribution is 2.19. The van der Waals surface area contributed by atoms with E-state index in [0.29, 0.717) is 5.82 Å². The van der Waals surface area contributed by atoms with Crippen LogP contribution in [0.3, 0.4) is 0 Å². The molecule has 2 aromatic rings. The van der Waals surface area contributed by atoms with Crippen molar-refractivity contribution < 1.29 is 13.5 Å². The first-order chi connectivity index (χ1) is 8.97. The van der Waals surface area contributed by atoms with Gasteiger partial charge in [0.1, 0.15) is 28.5 Å². The summed E-state index contributed by atoms with van der Waals surface area (Å²) in [7, 11) is 0. The Hall–Kier alpha value is -1.76. The Labute approximate surface area is 115 Å². The van der Waals surface area contributed by atoms with Crippen LogP contribution in [0.25, 0.3) is 0 Å². The van der Waals surface area contributed by atoms with E-state index < -0.39 is 11.6 Å². The molecule has 1 heterocycles. The van der Waals surface area contributed by atoms with Crippen molar-refractivity contribution in [3.05, 3.63) is 56.0 Å². The van der Waals surface area contributed by atoms with Crippen molar-refractivity contribution in [3.8, 4) is 5.88 Å². The lowest BCUT2D eigenvalue weighted by Crippen LogP contribution is -2.13. The topological polar surface area (TPSA) is 55.0 Å². The minimum atomic E-state index is -0.710. The third kappa shape index (κ3) is 3.17. The maximum Gasteiger partial charge on any atom is 0.269 e. The number of aryl methyl sites for hydroxylation is 1. The number of H-pyrrole nitrogens is 1. The first-order valence-corrected chi connectivity index (χ1v) is 6.10. The lowest BCUT2D eigenvalue weighted by Gasteiger charge is -2.08. The summed E-state index contributed by atoms with van der Waals surface area (Å²) in [5, 5.41) is 0. The van der Waals surface area contributed by atoms with Gasteiger partial charge < -0.3 is 9.72 Å². The molecule has 0 amide bonds. The van der Waals surface area contributed by atoms with Gasteiger partial charge in [0.25, 0.3) is 5.56 Å². The normalized spacial score (nSPS) is 10.5. The number of nitrogens with zero attached hydrogens (tertiary/aromatic N) is 1. The van der Waals surface area contributed by atoms with Crippen LogP contribution in [0.15, 0.2) is 27.5 Å². The predicted molar refractivity (Wildman–Crippen MR) is 68.0 cm³/mol. The smallest absolute Gasteiger partial charge is 0.269 e. The van der Waals surface area contributed by atoms with E-state index in [1.807, 2.05) is 0 Å². The molecule has 2 rings (SSSR count). The first-order valence-electron chi connectivity index (χ1n) is 5.30. The number of benzene rings is 1. The zero-order valence-electron chi connectivity index (χ0n) is 9.84. The third-order valence-electron chi connectivity index (χ3n) is 2.33. The first kappa shape index (κ1) is 13.7. The van der Waals surface area contributed by atoms with E-state index in [-0.39, 0.29) is 28.1 Å². The summed E-state index contributed by atoms with van der Waals surface area (Å²) in [5.74, 6) is -0.932. The standard InChI is InChI=1S/C12H9BrF2N2O2/c1-6-16-11(18)10(13)12(17-6)19-5-7-2-3-8(14)4-9(7)15/h2-4H,5H2,1H3,(H,16,17,18). The Balaban J connectivity index is 2.21. The number of rotatable bonds is 3. The molecule has 1 aromatic heterocycles. The molecule has 19 heavy (non-hydrogen) atoms. The molecule has 7 heteroatoms. The van der Waals surface area contributed by atoms with Crippen molar-refractivity contribution in [1.29, 1.82) is 0 Å². The molecule has 0 atom stereocenters. The van der Waals surface area contributed by atoms with Gasteiger partial charge in [0.15, 0.2) is 0 Å². The molecule has 0 fully saturated rings. The van der Waals surface area contributed by atoms with E-state index in [9.17, 15) is 13.6 Å². The molecule has 0 unspecified atom stereocenters. The number of aromatic amines is 1. The number of ether oxygens (including phenoxy) is 1. The largest absolute Gasteiger partial charge is 0.472 e. The Bertz CT molecular complexity index is 673. The second kappa shape index (κ2) is 5.48. The van der Waals surface area contributed by atoms with E-state index in [0.717, 1.165) is 12.1 Å². The van der Waals surface area contributed by atoms with Crippen LogP contribution in [0, 0.1) is 18.6 Å². The predicted octanol–water partition coefficient (Wildman–Crippen LogP) is 2.70. The average Bonchev–Trinajstić information content (AvgIpc) is 2.33. The summed E-state index contributed by atoms with van der Waals surface area (Å²) in [6.07, 6.45) is 0. The van der Waals surface area contributed by atoms with Gasteiger partial charge in [-0.2, -0.15) is 4.98 Å². The summed E-state index contributed by atoms with van der Waals surface area (Å²) < 4.78 is 31.5. The monoisotopic (exact) mass is 330 g/mol. The van der Waals surface area contributed by atoms with Crippen molar-refractivity contribution in [2.24, 2.45) is 0 Å². The molecule has 0 saturated carbocycles. The molecule has 0 aliphatic carbocycles. The zero-order valence-corrected chi connectivity index (χ0v) is 11.4. The minimum absolute atomic E-state index is 0.0602. The van der Waals surface area contributed by atoms with Crippen LogP contribution >= 0.6 is 15.9 Å². The van der Waals surface area contributed by atoms with Gasteiger partial charge in [-0.3, -0.25) is 4.79 Å². The molecule has 0 aliphatic rings. The number of aromatic nitrogens is 2. The van der Waals surface area contributed by atoms with Crippen LogP contribution < -0.4 is 10.3 Å². The molecular formula is C12H9BrF2N2O2. The Kier molecular flexibility index (Phi) is 3.94. The molecule has 0 radical (unpaired) electrons. The van der Waals surface area contributed by atoms with E-state index in [4.69, 9.17) is 4.74 Å². The summed E-state index contributed by atoms with van der Waals surface area (Å²) in [6, 6.07) is 3.18. The highest BCUT2D eigenvalue weighted by molar-refractivity contribution is 9.10. The highest BCUT2D eigenvalue weighted by Gasteiger charge is 2.10. The zero-order chi connectivity index (χ0) is 14.0. The molecular weight excluding hydrogens is 322 g/mol. The van der Waals surface area contributed by atoms with Gasteiger partial charge in [0, 0.05) is 11.6 Å². The fourth-order valence-corrected chi connectivity index (χ4v) is 1.73. The van der Waals surface area contributed by atoms with Crippen molar-refractivity contribution in [2.45, 2.75) is 13.5 Å². The molecule has 0 bridgehead atoms. The SMILES string of the molecule is Cc1nc(OCc2ccc(F)cc2F)c(Br)c(=O)[nH]1. The molecule has 0 spiro atoms. The van der Waals surface area contributed by atoms with Crippen molar-refractivity contribution >= 4 is 15.9 Å². The maximum atomic E-state index is 13.4. The summed E-state index contributed by atoms with van der Waals surface area (Å²) in [5.41, 5.74) is -0.213. The number of halogens is 3. The van der Waals surface area contributed by atoms with E-state index in [1.54, 1.807) is 6.92 Å². The Morgan fingerprint density at radius 2 is 2.16 bits per heavy atom. The van der Waals surface area contributed by atoms with Crippen LogP contribution in [-0.4, -0.2) is 9.97 Å². The van der Waals surface area contributed by atoms with Gasteiger partial charge in [-0.1, -0.05) is 0 Å². The van der Waals surface area contributed by atoms with Gasteiger partial charge in [-0.15, -0.1) is 0 Å². The van der Waals surface area contributed by atoms with E-state index in [1.165, 1.54) is 6.07 Å².